The molecule has 0 aliphatic carbocycles. The minimum atomic E-state index is -0.474. The summed E-state index contributed by atoms with van der Waals surface area (Å²) in [7, 11) is 0. The van der Waals surface area contributed by atoms with Crippen molar-refractivity contribution in [2.45, 2.75) is 44.1 Å². The summed E-state index contributed by atoms with van der Waals surface area (Å²) >= 11 is 1.37. The molecule has 1 unspecified atom stereocenters. The van der Waals surface area contributed by atoms with Crippen LogP contribution in [0.15, 0.2) is 35.5 Å². The summed E-state index contributed by atoms with van der Waals surface area (Å²) in [5.74, 6) is 0.442. The number of halogens is 1. The number of thioether (sulfide) groups is 1. The Kier molecular flexibility index (Phi) is 5.27. The summed E-state index contributed by atoms with van der Waals surface area (Å²) in [5, 5.41) is 0.557. The van der Waals surface area contributed by atoms with Crippen LogP contribution in [0.3, 0.4) is 0 Å². The molecule has 2 heterocycles. The van der Waals surface area contributed by atoms with Crippen LogP contribution in [0.25, 0.3) is 11.5 Å². The van der Waals surface area contributed by atoms with Crippen molar-refractivity contribution in [1.82, 2.24) is 14.5 Å². The number of hydrogen-bond acceptors (Lipinski definition) is 4. The summed E-state index contributed by atoms with van der Waals surface area (Å²) in [6.07, 6.45) is 0.573. The maximum atomic E-state index is 13.8. The Morgan fingerprint density at radius 3 is 2.69 bits per heavy atom. The fraction of sp³-hybridized carbons (Fsp3) is 0.316. The van der Waals surface area contributed by atoms with Gasteiger partial charge in [0.1, 0.15) is 17.6 Å². The molecule has 0 bridgehead atoms. The molecule has 2 aliphatic rings. The fourth-order valence-electron chi connectivity index (χ4n) is 2.97. The summed E-state index contributed by atoms with van der Waals surface area (Å²) in [5.41, 5.74) is 8.87. The third-order valence-corrected chi connectivity index (χ3v) is 5.40. The van der Waals surface area contributed by atoms with Crippen molar-refractivity contribution in [2.75, 3.05) is 0 Å². The van der Waals surface area contributed by atoms with Crippen molar-refractivity contribution < 1.29 is 9.18 Å². The van der Waals surface area contributed by atoms with Crippen LogP contribution < -0.4 is 5.73 Å². The zero-order chi connectivity index (χ0) is 18.8. The standard InChI is InChI=1S/C19H21FN4OS/c1-4-16(17(21)25)24-12(3)11(2)9-15-18(24)23-19(22-15)26-10-13-7-5-6-8-14(13)20/h5-9,16H,4,10H2,1-3H3,(H2,21,25). The van der Waals surface area contributed by atoms with Crippen molar-refractivity contribution in [3.05, 3.63) is 53.0 Å². The molecule has 2 aliphatic heterocycles. The van der Waals surface area contributed by atoms with E-state index in [9.17, 15) is 9.18 Å². The van der Waals surface area contributed by atoms with E-state index >= 15 is 0 Å². The van der Waals surface area contributed by atoms with Gasteiger partial charge in [-0.05, 0) is 43.5 Å². The number of aromatic nitrogens is 3. The predicted octanol–water partition coefficient (Wildman–Crippen LogP) is 3.87. The predicted molar refractivity (Wildman–Crippen MR) is 101 cm³/mol. The van der Waals surface area contributed by atoms with Crippen molar-refractivity contribution in [2.24, 2.45) is 5.73 Å². The number of rotatable bonds is 6. The van der Waals surface area contributed by atoms with Gasteiger partial charge in [-0.3, -0.25) is 4.79 Å². The molecule has 1 amide bonds. The van der Waals surface area contributed by atoms with Crippen LogP contribution in [0.4, 0.5) is 4.39 Å². The van der Waals surface area contributed by atoms with Gasteiger partial charge < -0.3 is 10.3 Å². The molecule has 0 fully saturated rings. The summed E-state index contributed by atoms with van der Waals surface area (Å²) < 4.78 is 15.7. The average molecular weight is 372 g/mol. The number of fused-ring (bicyclic) bond motifs is 1. The second kappa shape index (κ2) is 7.45. The number of benzene rings is 1. The number of nitrogens with two attached hydrogens (primary N) is 1. The molecule has 0 spiro atoms. The van der Waals surface area contributed by atoms with E-state index in [1.165, 1.54) is 17.8 Å². The maximum Gasteiger partial charge on any atom is 0.240 e. The largest absolute Gasteiger partial charge is 0.368 e. The van der Waals surface area contributed by atoms with Crippen LogP contribution in [0, 0.1) is 19.7 Å². The molecular formula is C19H21FN4OS. The lowest BCUT2D eigenvalue weighted by atomic mass is 10.1. The van der Waals surface area contributed by atoms with Gasteiger partial charge in [-0.25, -0.2) is 14.4 Å². The van der Waals surface area contributed by atoms with Gasteiger partial charge in [-0.2, -0.15) is 0 Å². The topological polar surface area (TPSA) is 73.8 Å². The van der Waals surface area contributed by atoms with Gasteiger partial charge in [-0.1, -0.05) is 36.9 Å². The molecule has 0 aromatic heterocycles. The van der Waals surface area contributed by atoms with Crippen LogP contribution in [-0.4, -0.2) is 20.4 Å². The van der Waals surface area contributed by atoms with E-state index in [-0.39, 0.29) is 5.82 Å². The van der Waals surface area contributed by atoms with Crippen LogP contribution in [-0.2, 0) is 10.5 Å². The Morgan fingerprint density at radius 1 is 1.31 bits per heavy atom. The first-order valence-corrected chi connectivity index (χ1v) is 9.42. The van der Waals surface area contributed by atoms with Crippen LogP contribution in [0.5, 0.6) is 0 Å². The van der Waals surface area contributed by atoms with Gasteiger partial charge in [0.05, 0.1) is 0 Å². The minimum Gasteiger partial charge on any atom is -0.368 e. The Morgan fingerprint density at radius 2 is 2.04 bits per heavy atom. The summed E-state index contributed by atoms with van der Waals surface area (Å²) in [6, 6.07) is 8.14. The summed E-state index contributed by atoms with van der Waals surface area (Å²) in [6.45, 7) is 5.83. The second-order valence-electron chi connectivity index (χ2n) is 6.20. The Balaban J connectivity index is 1.99. The monoisotopic (exact) mass is 372 g/mol. The molecule has 0 radical (unpaired) electrons. The van der Waals surface area contributed by atoms with E-state index in [2.05, 4.69) is 9.97 Å². The van der Waals surface area contributed by atoms with E-state index in [0.29, 0.717) is 34.4 Å². The molecule has 1 aromatic rings. The van der Waals surface area contributed by atoms with Gasteiger partial charge in [0.25, 0.3) is 0 Å². The second-order valence-corrected chi connectivity index (χ2v) is 7.15. The number of pyridine rings is 1. The normalized spacial score (nSPS) is 12.5. The number of nitrogens with zero attached hydrogens (tertiary/aromatic N) is 3. The van der Waals surface area contributed by atoms with Crippen molar-refractivity contribution >= 4 is 17.7 Å². The number of carbonyl (C=O) groups is 1. The number of amides is 1. The Labute approximate surface area is 156 Å². The van der Waals surface area contributed by atoms with Gasteiger partial charge in [0, 0.05) is 11.4 Å². The molecule has 26 heavy (non-hydrogen) atoms. The molecule has 0 saturated heterocycles. The molecule has 0 saturated carbocycles. The minimum absolute atomic E-state index is 0.238. The highest BCUT2D eigenvalue weighted by Gasteiger charge is 2.25. The van der Waals surface area contributed by atoms with Crippen LogP contribution in [0.1, 0.15) is 36.2 Å². The van der Waals surface area contributed by atoms with Gasteiger partial charge >= 0.3 is 0 Å². The third kappa shape index (κ3) is 3.44. The first-order chi connectivity index (χ1) is 12.4. The smallest absolute Gasteiger partial charge is 0.240 e. The highest BCUT2D eigenvalue weighted by molar-refractivity contribution is 7.98. The molecule has 7 heteroatoms. The van der Waals surface area contributed by atoms with E-state index in [1.807, 2.05) is 31.4 Å². The Bertz CT molecular complexity index is 924. The molecule has 2 N–H and O–H groups in total. The first kappa shape index (κ1) is 18.4. The third-order valence-electron chi connectivity index (χ3n) is 4.50. The van der Waals surface area contributed by atoms with Crippen molar-refractivity contribution in [3.8, 4) is 11.5 Å². The van der Waals surface area contributed by atoms with Crippen molar-refractivity contribution in [3.63, 3.8) is 0 Å². The number of primary amides is 1. The molecule has 3 rings (SSSR count). The molecular weight excluding hydrogens is 351 g/mol. The van der Waals surface area contributed by atoms with E-state index < -0.39 is 11.9 Å². The maximum absolute atomic E-state index is 13.8. The number of hydrogen-bond donors (Lipinski definition) is 1. The average Bonchev–Trinajstić information content (AvgIpc) is 3.00. The van der Waals surface area contributed by atoms with E-state index in [0.717, 1.165) is 11.3 Å². The SMILES string of the molecule is CCC(C(N)=O)n1c2nc(SCc3ccccc3F)nc-2cc(C)c1C. The van der Waals surface area contributed by atoms with Crippen LogP contribution in [0.2, 0.25) is 0 Å². The molecule has 5 nitrogen and oxygen atoms in total. The zero-order valence-corrected chi connectivity index (χ0v) is 15.8. The lowest BCUT2D eigenvalue weighted by molar-refractivity contribution is -0.121. The molecule has 1 aromatic carbocycles. The van der Waals surface area contributed by atoms with Crippen molar-refractivity contribution in [1.29, 1.82) is 0 Å². The fourth-order valence-corrected chi connectivity index (χ4v) is 3.81. The van der Waals surface area contributed by atoms with Crippen LogP contribution >= 0.6 is 11.8 Å². The number of aryl methyl sites for hydroxylation is 1. The molecule has 1 atom stereocenters. The molecule has 136 valence electrons. The van der Waals surface area contributed by atoms with E-state index in [4.69, 9.17) is 5.73 Å². The zero-order valence-electron chi connectivity index (χ0n) is 15.0. The lowest BCUT2D eigenvalue weighted by Gasteiger charge is -2.22. The summed E-state index contributed by atoms with van der Waals surface area (Å²) in [4.78, 5) is 21.0. The number of imidazole rings is 1. The lowest BCUT2D eigenvalue weighted by Crippen LogP contribution is -2.29. The Hall–Kier alpha value is -2.41. The highest BCUT2D eigenvalue weighted by Crippen LogP contribution is 2.32. The quantitative estimate of drug-likeness (QED) is 0.667. The first-order valence-electron chi connectivity index (χ1n) is 8.44. The van der Waals surface area contributed by atoms with Gasteiger partial charge in [0.2, 0.25) is 5.91 Å². The van der Waals surface area contributed by atoms with E-state index in [1.54, 1.807) is 18.2 Å². The highest BCUT2D eigenvalue weighted by atomic mass is 32.2. The number of carbonyl (C=O) groups excluding carboxylic acids is 1. The van der Waals surface area contributed by atoms with Gasteiger partial charge in [0.15, 0.2) is 11.0 Å². The van der Waals surface area contributed by atoms with Gasteiger partial charge in [-0.15, -0.1) is 0 Å².